The average Bonchev–Trinajstić information content (AvgIpc) is 2.77. The number of rotatable bonds is 4. The van der Waals surface area contributed by atoms with Crippen molar-refractivity contribution < 1.29 is 4.42 Å². The first-order valence-corrected chi connectivity index (χ1v) is 6.78. The van der Waals surface area contributed by atoms with E-state index >= 15 is 0 Å². The molecule has 1 aromatic heterocycles. The highest BCUT2D eigenvalue weighted by molar-refractivity contribution is 6.17. The average molecular weight is 280 g/mol. The van der Waals surface area contributed by atoms with Gasteiger partial charge in [0.25, 0.3) is 0 Å². The number of aryl methyl sites for hydroxylation is 1. The van der Waals surface area contributed by atoms with E-state index in [1.54, 1.807) is 0 Å². The van der Waals surface area contributed by atoms with Crippen LogP contribution >= 0.6 is 11.6 Å². The molecule has 19 heavy (non-hydrogen) atoms. The number of hydrogen-bond acceptors (Lipinski definition) is 4. The maximum atomic E-state index is 5.62. The van der Waals surface area contributed by atoms with E-state index in [-0.39, 0.29) is 5.41 Å². The van der Waals surface area contributed by atoms with Crippen LogP contribution in [0.25, 0.3) is 0 Å². The van der Waals surface area contributed by atoms with Gasteiger partial charge >= 0.3 is 6.01 Å². The monoisotopic (exact) mass is 279 g/mol. The fourth-order valence-electron chi connectivity index (χ4n) is 1.66. The molecular weight excluding hydrogens is 262 g/mol. The molecule has 0 spiro atoms. The summed E-state index contributed by atoms with van der Waals surface area (Å²) in [6.45, 7) is 6.56. The minimum atomic E-state index is 0.149. The highest BCUT2D eigenvalue weighted by Gasteiger charge is 2.13. The van der Waals surface area contributed by atoms with Gasteiger partial charge in [-0.2, -0.15) is 0 Å². The number of nitrogens with zero attached hydrogens (tertiary/aromatic N) is 2. The molecule has 1 N–H and O–H groups in total. The Morgan fingerprint density at radius 3 is 2.42 bits per heavy atom. The maximum absolute atomic E-state index is 5.62. The molecule has 0 amide bonds. The number of anilines is 2. The molecule has 0 fully saturated rings. The Kier molecular flexibility index (Phi) is 4.10. The molecule has 0 atom stereocenters. The molecule has 0 unspecified atom stereocenters. The van der Waals surface area contributed by atoms with E-state index in [9.17, 15) is 0 Å². The molecule has 1 aromatic carbocycles. The van der Waals surface area contributed by atoms with E-state index < -0.39 is 0 Å². The third-order valence-electron chi connectivity index (χ3n) is 2.78. The van der Waals surface area contributed by atoms with Crippen LogP contribution < -0.4 is 5.32 Å². The number of halogens is 1. The minimum Gasteiger partial charge on any atom is -0.408 e. The lowest BCUT2D eigenvalue weighted by Gasteiger charge is -2.19. The first-order valence-electron chi connectivity index (χ1n) is 6.25. The molecule has 0 aliphatic heterocycles. The Balaban J connectivity index is 2.06. The lowest BCUT2D eigenvalue weighted by Crippen LogP contribution is -2.10. The van der Waals surface area contributed by atoms with Crippen LogP contribution in [0.2, 0.25) is 0 Å². The van der Waals surface area contributed by atoms with Crippen molar-refractivity contribution in [1.82, 2.24) is 10.2 Å². The summed E-state index contributed by atoms with van der Waals surface area (Å²) in [7, 11) is 0. The van der Waals surface area contributed by atoms with Crippen molar-refractivity contribution in [3.63, 3.8) is 0 Å². The Morgan fingerprint density at radius 1 is 1.16 bits per heavy atom. The highest BCUT2D eigenvalue weighted by atomic mass is 35.5. The summed E-state index contributed by atoms with van der Waals surface area (Å²) >= 11 is 5.62. The second-order valence-electron chi connectivity index (χ2n) is 5.39. The van der Waals surface area contributed by atoms with Crippen molar-refractivity contribution in [1.29, 1.82) is 0 Å². The van der Waals surface area contributed by atoms with E-state index in [0.29, 0.717) is 24.2 Å². The van der Waals surface area contributed by atoms with Crippen LogP contribution in [-0.4, -0.2) is 16.1 Å². The molecule has 2 rings (SSSR count). The van der Waals surface area contributed by atoms with Crippen molar-refractivity contribution in [3.05, 3.63) is 35.7 Å². The van der Waals surface area contributed by atoms with E-state index in [0.717, 1.165) is 5.69 Å². The summed E-state index contributed by atoms with van der Waals surface area (Å²) in [5.41, 5.74) is 2.36. The summed E-state index contributed by atoms with van der Waals surface area (Å²) in [5.74, 6) is 1.02. The zero-order chi connectivity index (χ0) is 13.9. The van der Waals surface area contributed by atoms with E-state index in [4.69, 9.17) is 16.0 Å². The summed E-state index contributed by atoms with van der Waals surface area (Å²) in [4.78, 5) is 0. The standard InChI is InChI=1S/C14H18ClN3O/c1-14(2,3)10-4-6-11(7-5-10)16-13-18-17-12(19-13)8-9-15/h4-7H,8-9H2,1-3H3,(H,16,18). The molecule has 0 aliphatic rings. The van der Waals surface area contributed by atoms with E-state index in [2.05, 4.69) is 48.4 Å². The van der Waals surface area contributed by atoms with Crippen molar-refractivity contribution in [2.45, 2.75) is 32.6 Å². The Morgan fingerprint density at radius 2 is 1.84 bits per heavy atom. The third-order valence-corrected chi connectivity index (χ3v) is 2.97. The van der Waals surface area contributed by atoms with E-state index in [1.165, 1.54) is 5.56 Å². The fraction of sp³-hybridized carbons (Fsp3) is 0.429. The Labute approximate surface area is 118 Å². The molecule has 4 nitrogen and oxygen atoms in total. The van der Waals surface area contributed by atoms with Gasteiger partial charge in [0, 0.05) is 18.0 Å². The summed E-state index contributed by atoms with van der Waals surface area (Å²) in [6.07, 6.45) is 0.583. The number of alkyl halides is 1. The number of nitrogens with one attached hydrogen (secondary N) is 1. The van der Waals surface area contributed by atoms with Crippen LogP contribution in [0.5, 0.6) is 0 Å². The predicted octanol–water partition coefficient (Wildman–Crippen LogP) is 3.89. The zero-order valence-electron chi connectivity index (χ0n) is 11.4. The molecule has 0 saturated carbocycles. The van der Waals surface area contributed by atoms with E-state index in [1.807, 2.05) is 12.1 Å². The lowest BCUT2D eigenvalue weighted by atomic mass is 9.87. The maximum Gasteiger partial charge on any atom is 0.320 e. The number of benzene rings is 1. The van der Waals surface area contributed by atoms with Gasteiger partial charge in [-0.1, -0.05) is 38.0 Å². The first kappa shape index (κ1) is 13.9. The number of hydrogen-bond donors (Lipinski definition) is 1. The topological polar surface area (TPSA) is 51.0 Å². The SMILES string of the molecule is CC(C)(C)c1ccc(Nc2nnc(CCCl)o2)cc1. The van der Waals surface area contributed by atoms with Gasteiger partial charge in [0.15, 0.2) is 0 Å². The quantitative estimate of drug-likeness (QED) is 0.863. The van der Waals surface area contributed by atoms with Gasteiger partial charge < -0.3 is 9.73 Å². The van der Waals surface area contributed by atoms with Crippen LogP contribution in [0.1, 0.15) is 32.2 Å². The third kappa shape index (κ3) is 3.70. The molecule has 0 saturated heterocycles. The van der Waals surface area contributed by atoms with Gasteiger partial charge in [-0.3, -0.25) is 0 Å². The van der Waals surface area contributed by atoms with Gasteiger partial charge in [-0.05, 0) is 23.1 Å². The summed E-state index contributed by atoms with van der Waals surface area (Å²) in [5, 5.41) is 10.9. The van der Waals surface area contributed by atoms with Crippen LogP contribution in [0.3, 0.4) is 0 Å². The molecular formula is C14H18ClN3O. The molecule has 102 valence electrons. The second-order valence-corrected chi connectivity index (χ2v) is 5.77. The largest absolute Gasteiger partial charge is 0.408 e. The van der Waals surface area contributed by atoms with Crippen molar-refractivity contribution >= 4 is 23.3 Å². The van der Waals surface area contributed by atoms with Gasteiger partial charge in [0.2, 0.25) is 5.89 Å². The fourth-order valence-corrected chi connectivity index (χ4v) is 1.82. The van der Waals surface area contributed by atoms with Crippen molar-refractivity contribution in [2.75, 3.05) is 11.2 Å². The second kappa shape index (κ2) is 5.61. The summed E-state index contributed by atoms with van der Waals surface area (Å²) in [6, 6.07) is 8.60. The van der Waals surface area contributed by atoms with Gasteiger partial charge in [-0.25, -0.2) is 0 Å². The van der Waals surface area contributed by atoms with Crippen LogP contribution in [0.4, 0.5) is 11.7 Å². The van der Waals surface area contributed by atoms with Gasteiger partial charge in [0.1, 0.15) is 0 Å². The molecule has 1 heterocycles. The molecule has 0 bridgehead atoms. The first-order chi connectivity index (χ1) is 8.99. The molecule has 2 aromatic rings. The van der Waals surface area contributed by atoms with Crippen LogP contribution in [0, 0.1) is 0 Å². The molecule has 5 heteroatoms. The van der Waals surface area contributed by atoms with Crippen molar-refractivity contribution in [3.8, 4) is 0 Å². The Hall–Kier alpha value is -1.55. The minimum absolute atomic E-state index is 0.149. The molecule has 0 radical (unpaired) electrons. The zero-order valence-corrected chi connectivity index (χ0v) is 12.2. The predicted molar refractivity (Wildman–Crippen MR) is 77.1 cm³/mol. The smallest absolute Gasteiger partial charge is 0.320 e. The molecule has 0 aliphatic carbocycles. The van der Waals surface area contributed by atoms with Gasteiger partial charge in [-0.15, -0.1) is 16.7 Å². The highest BCUT2D eigenvalue weighted by Crippen LogP contribution is 2.24. The van der Waals surface area contributed by atoms with Crippen LogP contribution in [0.15, 0.2) is 28.7 Å². The lowest BCUT2D eigenvalue weighted by molar-refractivity contribution is 0.516. The number of aromatic nitrogens is 2. The van der Waals surface area contributed by atoms with Gasteiger partial charge in [0.05, 0.1) is 0 Å². The van der Waals surface area contributed by atoms with Crippen molar-refractivity contribution in [2.24, 2.45) is 0 Å². The van der Waals surface area contributed by atoms with Crippen LogP contribution in [-0.2, 0) is 11.8 Å². The normalized spacial score (nSPS) is 11.6. The summed E-state index contributed by atoms with van der Waals surface area (Å²) < 4.78 is 5.41. The Bertz CT molecular complexity index is 528.